The molecule has 0 fully saturated rings. The molecular weight excluding hydrogens is 188 g/mol. The number of nitrogens with zero attached hydrogens (tertiary/aromatic N) is 1. The number of hydrogen-bond donors (Lipinski definition) is 1. The second-order valence-electron chi connectivity index (χ2n) is 4.34. The largest absolute Gasteiger partial charge is 0.326 e. The van der Waals surface area contributed by atoms with Gasteiger partial charge in [0.25, 0.3) is 5.56 Å². The molecule has 3 nitrogen and oxygen atoms in total. The Morgan fingerprint density at radius 1 is 1.40 bits per heavy atom. The van der Waals surface area contributed by atoms with E-state index in [4.69, 9.17) is 5.73 Å². The van der Waals surface area contributed by atoms with E-state index in [2.05, 4.69) is 13.8 Å². The van der Waals surface area contributed by atoms with Crippen LogP contribution >= 0.6 is 0 Å². The fraction of sp³-hybridized carbons (Fsp3) is 0.583. The number of pyridine rings is 1. The van der Waals surface area contributed by atoms with Crippen LogP contribution in [0.3, 0.4) is 0 Å². The molecule has 0 saturated heterocycles. The van der Waals surface area contributed by atoms with Gasteiger partial charge in [-0.2, -0.15) is 0 Å². The topological polar surface area (TPSA) is 48.0 Å². The van der Waals surface area contributed by atoms with E-state index in [1.807, 2.05) is 23.6 Å². The van der Waals surface area contributed by atoms with Crippen molar-refractivity contribution in [3.05, 3.63) is 33.7 Å². The van der Waals surface area contributed by atoms with Gasteiger partial charge in [0.2, 0.25) is 0 Å². The summed E-state index contributed by atoms with van der Waals surface area (Å²) in [5.74, 6) is 0.609. The molecule has 0 saturated carbocycles. The highest BCUT2D eigenvalue weighted by Gasteiger charge is 2.05. The van der Waals surface area contributed by atoms with Gasteiger partial charge < -0.3 is 10.3 Å². The fourth-order valence-electron chi connectivity index (χ4n) is 1.54. The van der Waals surface area contributed by atoms with Gasteiger partial charge in [0.15, 0.2) is 0 Å². The Morgan fingerprint density at radius 2 is 2.07 bits per heavy atom. The van der Waals surface area contributed by atoms with E-state index in [9.17, 15) is 4.79 Å². The van der Waals surface area contributed by atoms with Crippen molar-refractivity contribution in [2.24, 2.45) is 11.7 Å². The molecule has 1 aromatic heterocycles. The molecule has 0 radical (unpaired) electrons. The highest BCUT2D eigenvalue weighted by Crippen LogP contribution is 2.04. The Balaban J connectivity index is 2.99. The van der Waals surface area contributed by atoms with Crippen LogP contribution in [0.2, 0.25) is 0 Å². The number of nitrogens with two attached hydrogens (primary N) is 1. The molecule has 0 unspecified atom stereocenters. The van der Waals surface area contributed by atoms with Crippen LogP contribution in [0.5, 0.6) is 0 Å². The van der Waals surface area contributed by atoms with Gasteiger partial charge in [-0.3, -0.25) is 4.79 Å². The van der Waals surface area contributed by atoms with Gasteiger partial charge in [0, 0.05) is 24.3 Å². The predicted octanol–water partition coefficient (Wildman–Crippen LogP) is 1.66. The maximum atomic E-state index is 11.9. The standard InChI is InChI=1S/C12H20N2O/c1-9(2)6-7-14-10(3)4-5-11(8-13)12(14)15/h4-5,9H,6-8,13H2,1-3H3. The lowest BCUT2D eigenvalue weighted by Crippen LogP contribution is -2.27. The molecule has 0 bridgehead atoms. The first-order chi connectivity index (χ1) is 7.06. The molecule has 0 spiro atoms. The zero-order valence-corrected chi connectivity index (χ0v) is 9.79. The van der Waals surface area contributed by atoms with Crippen molar-refractivity contribution in [3.63, 3.8) is 0 Å². The first kappa shape index (κ1) is 12.0. The first-order valence-corrected chi connectivity index (χ1v) is 5.45. The van der Waals surface area contributed by atoms with E-state index in [0.717, 1.165) is 18.7 Å². The fourth-order valence-corrected chi connectivity index (χ4v) is 1.54. The summed E-state index contributed by atoms with van der Waals surface area (Å²) in [6.45, 7) is 7.39. The molecular formula is C12H20N2O. The Hall–Kier alpha value is -1.09. The van der Waals surface area contributed by atoms with Gasteiger partial charge in [-0.15, -0.1) is 0 Å². The summed E-state index contributed by atoms with van der Waals surface area (Å²) < 4.78 is 1.82. The molecule has 1 aromatic rings. The molecule has 0 aliphatic carbocycles. The molecule has 0 aromatic carbocycles. The summed E-state index contributed by atoms with van der Waals surface area (Å²) in [5, 5.41) is 0. The summed E-state index contributed by atoms with van der Waals surface area (Å²) >= 11 is 0. The van der Waals surface area contributed by atoms with Gasteiger partial charge in [0.1, 0.15) is 0 Å². The van der Waals surface area contributed by atoms with Crippen molar-refractivity contribution in [3.8, 4) is 0 Å². The van der Waals surface area contributed by atoms with Crippen LogP contribution in [0.25, 0.3) is 0 Å². The minimum atomic E-state index is 0.0677. The van der Waals surface area contributed by atoms with Crippen LogP contribution in [0.15, 0.2) is 16.9 Å². The molecule has 1 rings (SSSR count). The van der Waals surface area contributed by atoms with Crippen molar-refractivity contribution < 1.29 is 0 Å². The highest BCUT2D eigenvalue weighted by molar-refractivity contribution is 5.15. The third-order valence-corrected chi connectivity index (χ3v) is 2.62. The van der Waals surface area contributed by atoms with Gasteiger partial charge >= 0.3 is 0 Å². The Labute approximate surface area is 90.9 Å². The maximum Gasteiger partial charge on any atom is 0.255 e. The lowest BCUT2D eigenvalue weighted by Gasteiger charge is -2.12. The third kappa shape index (κ3) is 2.93. The van der Waals surface area contributed by atoms with Gasteiger partial charge in [-0.25, -0.2) is 0 Å². The Kier molecular flexibility index (Phi) is 4.09. The van der Waals surface area contributed by atoms with Crippen molar-refractivity contribution in [2.45, 2.75) is 40.3 Å². The van der Waals surface area contributed by atoms with Crippen molar-refractivity contribution in [2.75, 3.05) is 0 Å². The third-order valence-electron chi connectivity index (χ3n) is 2.62. The van der Waals surface area contributed by atoms with E-state index < -0.39 is 0 Å². The van der Waals surface area contributed by atoms with Crippen LogP contribution in [0.1, 0.15) is 31.5 Å². The number of hydrogen-bond acceptors (Lipinski definition) is 2. The quantitative estimate of drug-likeness (QED) is 0.818. The lowest BCUT2D eigenvalue weighted by atomic mass is 10.1. The first-order valence-electron chi connectivity index (χ1n) is 5.45. The van der Waals surface area contributed by atoms with Crippen LogP contribution in [-0.2, 0) is 13.1 Å². The molecule has 0 aliphatic rings. The van der Waals surface area contributed by atoms with Gasteiger partial charge in [-0.05, 0) is 25.3 Å². The molecule has 0 aliphatic heterocycles. The van der Waals surface area contributed by atoms with Gasteiger partial charge in [-0.1, -0.05) is 19.9 Å². The predicted molar refractivity (Wildman–Crippen MR) is 62.8 cm³/mol. The van der Waals surface area contributed by atoms with Crippen LogP contribution in [0, 0.1) is 12.8 Å². The number of aryl methyl sites for hydroxylation is 1. The molecule has 1 heterocycles. The van der Waals surface area contributed by atoms with E-state index in [0.29, 0.717) is 18.0 Å². The maximum absolute atomic E-state index is 11.9. The van der Waals surface area contributed by atoms with Crippen molar-refractivity contribution in [1.82, 2.24) is 4.57 Å². The molecule has 2 N–H and O–H groups in total. The monoisotopic (exact) mass is 208 g/mol. The molecule has 84 valence electrons. The average Bonchev–Trinajstić information content (AvgIpc) is 2.17. The highest BCUT2D eigenvalue weighted by atomic mass is 16.1. The minimum Gasteiger partial charge on any atom is -0.326 e. The normalized spacial score (nSPS) is 11.0. The number of aromatic nitrogens is 1. The van der Waals surface area contributed by atoms with Crippen LogP contribution in [-0.4, -0.2) is 4.57 Å². The smallest absolute Gasteiger partial charge is 0.255 e. The van der Waals surface area contributed by atoms with E-state index >= 15 is 0 Å². The Bertz CT molecular complexity index is 380. The van der Waals surface area contributed by atoms with Crippen molar-refractivity contribution in [1.29, 1.82) is 0 Å². The zero-order chi connectivity index (χ0) is 11.4. The molecule has 3 heteroatoms. The van der Waals surface area contributed by atoms with Crippen LogP contribution < -0.4 is 11.3 Å². The summed E-state index contributed by atoms with van der Waals surface area (Å²) in [7, 11) is 0. The Morgan fingerprint density at radius 3 is 2.60 bits per heavy atom. The van der Waals surface area contributed by atoms with E-state index in [1.165, 1.54) is 0 Å². The van der Waals surface area contributed by atoms with E-state index in [1.54, 1.807) is 0 Å². The second-order valence-corrected chi connectivity index (χ2v) is 4.34. The average molecular weight is 208 g/mol. The van der Waals surface area contributed by atoms with Gasteiger partial charge in [0.05, 0.1) is 0 Å². The number of rotatable bonds is 4. The molecule has 0 atom stereocenters. The van der Waals surface area contributed by atoms with Crippen LogP contribution in [0.4, 0.5) is 0 Å². The SMILES string of the molecule is Cc1ccc(CN)c(=O)n1CCC(C)C. The molecule has 15 heavy (non-hydrogen) atoms. The summed E-state index contributed by atoms with van der Waals surface area (Å²) in [6, 6.07) is 3.79. The van der Waals surface area contributed by atoms with Crippen molar-refractivity contribution >= 4 is 0 Å². The zero-order valence-electron chi connectivity index (χ0n) is 9.79. The minimum absolute atomic E-state index is 0.0677. The summed E-state index contributed by atoms with van der Waals surface area (Å²) in [5.41, 5.74) is 7.29. The summed E-state index contributed by atoms with van der Waals surface area (Å²) in [4.78, 5) is 11.9. The van der Waals surface area contributed by atoms with E-state index in [-0.39, 0.29) is 5.56 Å². The summed E-state index contributed by atoms with van der Waals surface area (Å²) in [6.07, 6.45) is 1.02. The molecule has 0 amide bonds. The lowest BCUT2D eigenvalue weighted by molar-refractivity contribution is 0.500. The second kappa shape index (κ2) is 5.12.